The van der Waals surface area contributed by atoms with Crippen LogP contribution in [0.25, 0.3) is 0 Å². The maximum absolute atomic E-state index is 12.7. The molecule has 0 amide bonds. The van der Waals surface area contributed by atoms with E-state index in [0.29, 0.717) is 6.42 Å². The van der Waals surface area contributed by atoms with Crippen LogP contribution < -0.4 is 16.2 Å². The molecule has 0 radical (unpaired) electrons. The Labute approximate surface area is 152 Å². The minimum absolute atomic E-state index is 0.211. The fourth-order valence-electron chi connectivity index (χ4n) is 3.62. The predicted octanol–water partition coefficient (Wildman–Crippen LogP) is 1.71. The largest absolute Gasteiger partial charge is 0.667 e. The van der Waals surface area contributed by atoms with Crippen LogP contribution in [-0.4, -0.2) is 23.6 Å². The molecule has 0 aliphatic carbocycles. The summed E-state index contributed by atoms with van der Waals surface area (Å²) in [6.07, 6.45) is 0.502. The molecule has 130 valence electrons. The lowest BCUT2D eigenvalue weighted by molar-refractivity contribution is -0.134. The van der Waals surface area contributed by atoms with Gasteiger partial charge in [-0.25, -0.2) is 0 Å². The van der Waals surface area contributed by atoms with Crippen molar-refractivity contribution < 1.29 is 14.6 Å². The fraction of sp³-hybridized carbons (Fsp3) is 0.0952. The second-order valence-corrected chi connectivity index (χ2v) is 6.63. The number of rotatable bonds is 4. The summed E-state index contributed by atoms with van der Waals surface area (Å²) in [5, 5.41) is 12.9. The van der Waals surface area contributed by atoms with Gasteiger partial charge in [-0.1, -0.05) is 72.8 Å². The van der Waals surface area contributed by atoms with Gasteiger partial charge in [0, 0.05) is 0 Å². The van der Waals surface area contributed by atoms with Gasteiger partial charge < -0.3 is 15.0 Å². The molecule has 4 rings (SSSR count). The Bertz CT molecular complexity index is 858. The highest BCUT2D eigenvalue weighted by Crippen LogP contribution is 2.19. The molecule has 1 unspecified atom stereocenters. The number of phenolic OH excluding ortho intramolecular Hbond substituents is 1. The van der Waals surface area contributed by atoms with E-state index in [1.165, 1.54) is 0 Å². The molecule has 3 aromatic rings. The Kier molecular flexibility index (Phi) is 4.23. The standard InChI is InChI=1S/C21H19BNO3/c24-19-13-11-16(12-14-19)15-20-21(25)26-22(23-20,17-7-3-1-4-8-17)18-9-5-2-6-10-18/h1-14,20,23-24H,15H2/q-1. The normalized spacial score (nSPS) is 18.5. The lowest BCUT2D eigenvalue weighted by atomic mass is 9.42. The highest BCUT2D eigenvalue weighted by Gasteiger charge is 2.43. The lowest BCUT2D eigenvalue weighted by Gasteiger charge is -2.37. The molecule has 3 aromatic carbocycles. The second-order valence-electron chi connectivity index (χ2n) is 6.63. The van der Waals surface area contributed by atoms with Gasteiger partial charge in [-0.3, -0.25) is 4.79 Å². The summed E-state index contributed by atoms with van der Waals surface area (Å²) < 4.78 is 5.99. The summed E-state index contributed by atoms with van der Waals surface area (Å²) in [5.41, 5.74) is 2.85. The first-order chi connectivity index (χ1) is 12.7. The molecule has 26 heavy (non-hydrogen) atoms. The summed E-state index contributed by atoms with van der Waals surface area (Å²) in [5.74, 6) is -0.0476. The van der Waals surface area contributed by atoms with Gasteiger partial charge in [0.1, 0.15) is 5.75 Å². The van der Waals surface area contributed by atoms with Crippen molar-refractivity contribution in [2.45, 2.75) is 12.5 Å². The van der Waals surface area contributed by atoms with Crippen molar-refractivity contribution in [3.05, 3.63) is 90.5 Å². The first-order valence-electron chi connectivity index (χ1n) is 8.72. The van der Waals surface area contributed by atoms with Crippen molar-refractivity contribution >= 4 is 23.4 Å². The van der Waals surface area contributed by atoms with E-state index in [1.807, 2.05) is 72.8 Å². The number of nitrogens with one attached hydrogen (secondary N) is 1. The topological polar surface area (TPSA) is 58.6 Å². The molecular weight excluding hydrogens is 325 g/mol. The molecule has 0 aromatic heterocycles. The minimum Gasteiger partial charge on any atom is -0.667 e. The van der Waals surface area contributed by atoms with E-state index in [0.717, 1.165) is 16.5 Å². The minimum atomic E-state index is -1.82. The molecule has 4 nitrogen and oxygen atoms in total. The summed E-state index contributed by atoms with van der Waals surface area (Å²) in [7, 11) is 0. The van der Waals surface area contributed by atoms with Gasteiger partial charge in [0.05, 0.1) is 6.04 Å². The molecule has 1 fully saturated rings. The Morgan fingerprint density at radius 3 is 1.92 bits per heavy atom. The summed E-state index contributed by atoms with van der Waals surface area (Å²) in [6, 6.07) is 26.1. The predicted molar refractivity (Wildman–Crippen MR) is 103 cm³/mol. The SMILES string of the molecule is O=C1O[B-](c2ccccc2)(c2ccccc2)NC1Cc1ccc(O)cc1. The molecule has 5 heteroatoms. The number of hydrogen-bond donors (Lipinski definition) is 2. The van der Waals surface area contributed by atoms with Crippen molar-refractivity contribution in [2.75, 3.05) is 0 Å². The van der Waals surface area contributed by atoms with Crippen LogP contribution in [0.3, 0.4) is 0 Å². The van der Waals surface area contributed by atoms with E-state index < -0.39 is 12.5 Å². The molecule has 1 atom stereocenters. The van der Waals surface area contributed by atoms with E-state index in [2.05, 4.69) is 5.23 Å². The van der Waals surface area contributed by atoms with E-state index in [9.17, 15) is 9.90 Å². The van der Waals surface area contributed by atoms with Crippen molar-refractivity contribution in [3.63, 3.8) is 0 Å². The quantitative estimate of drug-likeness (QED) is 0.708. The van der Waals surface area contributed by atoms with E-state index in [-0.39, 0.29) is 11.7 Å². The van der Waals surface area contributed by atoms with E-state index in [1.54, 1.807) is 12.1 Å². The zero-order valence-corrected chi connectivity index (χ0v) is 14.2. The first kappa shape index (κ1) is 16.4. The average Bonchev–Trinajstić information content (AvgIpc) is 3.02. The number of benzene rings is 3. The van der Waals surface area contributed by atoms with Gasteiger partial charge in [0.2, 0.25) is 0 Å². The van der Waals surface area contributed by atoms with E-state index in [4.69, 9.17) is 4.65 Å². The molecule has 0 saturated carbocycles. The number of aromatic hydroxyl groups is 1. The molecule has 1 saturated heterocycles. The van der Waals surface area contributed by atoms with Crippen LogP contribution in [0.15, 0.2) is 84.9 Å². The number of carbonyl (C=O) groups is 1. The number of carbonyl (C=O) groups excluding carboxylic acids is 1. The molecule has 1 aliphatic rings. The third-order valence-corrected chi connectivity index (χ3v) is 4.93. The van der Waals surface area contributed by atoms with Crippen molar-refractivity contribution in [2.24, 2.45) is 0 Å². The Balaban J connectivity index is 1.70. The van der Waals surface area contributed by atoms with Crippen LogP contribution in [0, 0.1) is 0 Å². The van der Waals surface area contributed by atoms with Gasteiger partial charge in [0.25, 0.3) is 12.5 Å². The van der Waals surface area contributed by atoms with Crippen LogP contribution in [0.4, 0.5) is 0 Å². The smallest absolute Gasteiger partial charge is 0.293 e. The maximum Gasteiger partial charge on any atom is 0.293 e. The van der Waals surface area contributed by atoms with Crippen molar-refractivity contribution in [1.82, 2.24) is 5.23 Å². The second kappa shape index (κ2) is 6.69. The molecular formula is C21H19BNO3-. The Morgan fingerprint density at radius 1 is 0.846 bits per heavy atom. The Hall–Kier alpha value is -3.05. The Morgan fingerprint density at radius 2 is 1.38 bits per heavy atom. The van der Waals surface area contributed by atoms with Gasteiger partial charge in [-0.2, -0.15) is 0 Å². The van der Waals surface area contributed by atoms with Crippen LogP contribution in [0.5, 0.6) is 5.75 Å². The fourth-order valence-corrected chi connectivity index (χ4v) is 3.62. The van der Waals surface area contributed by atoms with Crippen LogP contribution in [0.1, 0.15) is 5.56 Å². The zero-order chi connectivity index (χ0) is 18.0. The van der Waals surface area contributed by atoms with Crippen LogP contribution in [0.2, 0.25) is 0 Å². The van der Waals surface area contributed by atoms with E-state index >= 15 is 0 Å². The lowest BCUT2D eigenvalue weighted by Crippen LogP contribution is -2.68. The number of hydrogen-bond acceptors (Lipinski definition) is 4. The monoisotopic (exact) mass is 344 g/mol. The highest BCUT2D eigenvalue weighted by atomic mass is 16.5. The number of phenols is 1. The maximum atomic E-state index is 12.7. The highest BCUT2D eigenvalue weighted by molar-refractivity contribution is 6.97. The zero-order valence-electron chi connectivity index (χ0n) is 14.2. The summed E-state index contributed by atoms with van der Waals surface area (Å²) in [4.78, 5) is 12.7. The molecule has 0 bridgehead atoms. The van der Waals surface area contributed by atoms with Crippen molar-refractivity contribution in [3.8, 4) is 5.75 Å². The molecule has 0 spiro atoms. The summed E-state index contributed by atoms with van der Waals surface area (Å²) in [6.45, 7) is -1.82. The molecule has 2 N–H and O–H groups in total. The van der Waals surface area contributed by atoms with Gasteiger partial charge in [-0.15, -0.1) is 10.9 Å². The van der Waals surface area contributed by atoms with Crippen LogP contribution >= 0.6 is 0 Å². The molecule has 1 heterocycles. The van der Waals surface area contributed by atoms with Crippen molar-refractivity contribution in [1.29, 1.82) is 0 Å². The van der Waals surface area contributed by atoms with Gasteiger partial charge in [-0.05, 0) is 24.1 Å². The van der Waals surface area contributed by atoms with Gasteiger partial charge in [0.15, 0.2) is 0 Å². The van der Waals surface area contributed by atoms with Crippen LogP contribution in [-0.2, 0) is 15.9 Å². The first-order valence-corrected chi connectivity index (χ1v) is 8.72. The third kappa shape index (κ3) is 2.98. The third-order valence-electron chi connectivity index (χ3n) is 4.93. The summed E-state index contributed by atoms with van der Waals surface area (Å²) >= 11 is 0. The van der Waals surface area contributed by atoms with Gasteiger partial charge >= 0.3 is 0 Å². The average molecular weight is 344 g/mol. The molecule has 1 aliphatic heterocycles.